The Morgan fingerprint density at radius 1 is 0.974 bits per heavy atom. The fourth-order valence-corrected chi connectivity index (χ4v) is 4.44. The molecule has 1 fully saturated rings. The lowest BCUT2D eigenvalue weighted by Crippen LogP contribution is -2.32. The number of aliphatic hydroxyl groups is 3. The highest BCUT2D eigenvalue weighted by molar-refractivity contribution is 5.77. The maximum atomic E-state index is 12.4. The molecule has 1 rings (SSSR count). The van der Waals surface area contributed by atoms with E-state index in [0.29, 0.717) is 32.1 Å². The molecule has 10 heteroatoms. The van der Waals surface area contributed by atoms with Crippen LogP contribution in [-0.4, -0.2) is 70.2 Å². The molecule has 0 bridgehead atoms. The number of aliphatic hydroxyl groups excluding tert-OH is 3. The van der Waals surface area contributed by atoms with Crippen molar-refractivity contribution in [2.45, 2.75) is 129 Å². The van der Waals surface area contributed by atoms with Gasteiger partial charge >= 0.3 is 18.1 Å². The molecule has 10 nitrogen and oxygen atoms in total. The standard InChI is InChI=1S/C29H48O10/c1-6-7-10-13-22(31)16-17-23-24(14-11-8-9-12-15-27(33)36-19(2)3)26(18-25(23)32)39-29(35)37-20(4)28(34)38-21(5)30/h8,11,16-17,19-26,30-32H,6-7,9-10,12-15,18H2,1-5H3/b11-8-,17-16+/t20?,21?,22-,23+,24+,25+,26-/m0/s1. The summed E-state index contributed by atoms with van der Waals surface area (Å²) in [7, 11) is 0. The second kappa shape index (κ2) is 18.8. The van der Waals surface area contributed by atoms with Gasteiger partial charge in [0.05, 0.1) is 18.3 Å². The molecule has 0 heterocycles. The number of hydrogen-bond acceptors (Lipinski definition) is 10. The Morgan fingerprint density at radius 2 is 1.69 bits per heavy atom. The number of ether oxygens (including phenoxy) is 4. The molecule has 0 saturated heterocycles. The van der Waals surface area contributed by atoms with Gasteiger partial charge in [-0.3, -0.25) is 4.79 Å². The molecule has 0 spiro atoms. The first-order valence-corrected chi connectivity index (χ1v) is 14.1. The minimum atomic E-state index is -1.34. The Kier molecular flexibility index (Phi) is 16.7. The number of hydrogen-bond donors (Lipinski definition) is 3. The van der Waals surface area contributed by atoms with Crippen LogP contribution >= 0.6 is 0 Å². The van der Waals surface area contributed by atoms with Gasteiger partial charge in [-0.15, -0.1) is 0 Å². The van der Waals surface area contributed by atoms with Crippen molar-refractivity contribution in [1.29, 1.82) is 0 Å². The Hall–Kier alpha value is -2.43. The van der Waals surface area contributed by atoms with Crippen molar-refractivity contribution in [3.05, 3.63) is 24.3 Å². The molecule has 224 valence electrons. The molecular weight excluding hydrogens is 508 g/mol. The van der Waals surface area contributed by atoms with Gasteiger partial charge in [-0.25, -0.2) is 9.59 Å². The fraction of sp³-hybridized carbons (Fsp3) is 0.759. The zero-order valence-electron chi connectivity index (χ0n) is 24.0. The topological polar surface area (TPSA) is 149 Å². The number of rotatable bonds is 17. The van der Waals surface area contributed by atoms with Crippen LogP contribution in [0.4, 0.5) is 4.79 Å². The van der Waals surface area contributed by atoms with E-state index in [9.17, 15) is 29.7 Å². The lowest BCUT2D eigenvalue weighted by Gasteiger charge is -2.23. The van der Waals surface area contributed by atoms with Gasteiger partial charge in [-0.05, 0) is 53.4 Å². The van der Waals surface area contributed by atoms with Gasteiger partial charge < -0.3 is 34.3 Å². The van der Waals surface area contributed by atoms with Crippen molar-refractivity contribution in [1.82, 2.24) is 0 Å². The van der Waals surface area contributed by atoms with Gasteiger partial charge in [0, 0.05) is 24.7 Å². The minimum Gasteiger partial charge on any atom is -0.463 e. The maximum absolute atomic E-state index is 12.4. The van der Waals surface area contributed by atoms with E-state index in [-0.39, 0.29) is 30.3 Å². The number of carbonyl (C=O) groups is 3. The number of esters is 2. The summed E-state index contributed by atoms with van der Waals surface area (Å²) in [6, 6.07) is 0. The molecular formula is C29H48O10. The maximum Gasteiger partial charge on any atom is 0.509 e. The van der Waals surface area contributed by atoms with Crippen LogP contribution in [-0.2, 0) is 28.5 Å². The van der Waals surface area contributed by atoms with Crippen molar-refractivity contribution in [2.75, 3.05) is 0 Å². The van der Waals surface area contributed by atoms with Crippen molar-refractivity contribution < 1.29 is 48.7 Å². The summed E-state index contributed by atoms with van der Waals surface area (Å²) in [5.41, 5.74) is 0. The van der Waals surface area contributed by atoms with Crippen LogP contribution < -0.4 is 0 Å². The summed E-state index contributed by atoms with van der Waals surface area (Å²) in [4.78, 5) is 35.9. The van der Waals surface area contributed by atoms with E-state index in [2.05, 4.69) is 11.7 Å². The van der Waals surface area contributed by atoms with Crippen LogP contribution in [0.25, 0.3) is 0 Å². The predicted octanol–water partition coefficient (Wildman–Crippen LogP) is 4.34. The molecule has 1 aliphatic rings. The van der Waals surface area contributed by atoms with Crippen LogP contribution in [0.3, 0.4) is 0 Å². The molecule has 39 heavy (non-hydrogen) atoms. The summed E-state index contributed by atoms with van der Waals surface area (Å²) < 4.78 is 20.3. The van der Waals surface area contributed by atoms with E-state index in [1.165, 1.54) is 13.8 Å². The molecule has 1 aliphatic carbocycles. The van der Waals surface area contributed by atoms with Gasteiger partial charge in [0.1, 0.15) is 6.10 Å². The highest BCUT2D eigenvalue weighted by Crippen LogP contribution is 2.38. The zero-order chi connectivity index (χ0) is 29.4. The summed E-state index contributed by atoms with van der Waals surface area (Å²) in [6.45, 7) is 8.26. The van der Waals surface area contributed by atoms with Gasteiger partial charge in [-0.1, -0.05) is 50.5 Å². The SMILES string of the molecule is CCCCC[C@H](O)/C=C/[C@@H]1[C@@H](C/C=C\CCCC(=O)OC(C)C)[C@@H](OC(=O)OC(C)C(=O)OC(C)O)C[C@H]1O. The molecule has 3 N–H and O–H groups in total. The second-order valence-corrected chi connectivity index (χ2v) is 10.3. The second-order valence-electron chi connectivity index (χ2n) is 10.3. The normalized spacial score (nSPS) is 23.6. The lowest BCUT2D eigenvalue weighted by atomic mass is 9.89. The average molecular weight is 557 g/mol. The van der Waals surface area contributed by atoms with Crippen molar-refractivity contribution in [3.8, 4) is 0 Å². The van der Waals surface area contributed by atoms with Gasteiger partial charge in [0.25, 0.3) is 0 Å². The summed E-state index contributed by atoms with van der Waals surface area (Å²) in [5.74, 6) is -1.82. The van der Waals surface area contributed by atoms with Crippen LogP contribution in [0.15, 0.2) is 24.3 Å². The first kappa shape index (κ1) is 34.6. The molecule has 0 aromatic rings. The highest BCUT2D eigenvalue weighted by Gasteiger charge is 2.43. The van der Waals surface area contributed by atoms with Gasteiger partial charge in [0.15, 0.2) is 12.4 Å². The quantitative estimate of drug-likeness (QED) is 0.0776. The fourth-order valence-electron chi connectivity index (χ4n) is 4.44. The molecule has 7 atom stereocenters. The minimum absolute atomic E-state index is 0.146. The van der Waals surface area contributed by atoms with Crippen LogP contribution in [0.1, 0.15) is 92.4 Å². The van der Waals surface area contributed by atoms with Crippen molar-refractivity contribution in [3.63, 3.8) is 0 Å². The van der Waals surface area contributed by atoms with Crippen LogP contribution in [0, 0.1) is 11.8 Å². The Bertz CT molecular complexity index is 791. The van der Waals surface area contributed by atoms with Crippen LogP contribution in [0.2, 0.25) is 0 Å². The number of carbonyl (C=O) groups excluding carboxylic acids is 3. The Labute approximate surface area is 232 Å². The third kappa shape index (κ3) is 14.5. The lowest BCUT2D eigenvalue weighted by molar-refractivity contribution is -0.175. The molecule has 0 aromatic heterocycles. The third-order valence-corrected chi connectivity index (χ3v) is 6.38. The first-order chi connectivity index (χ1) is 18.4. The highest BCUT2D eigenvalue weighted by atomic mass is 16.7. The smallest absolute Gasteiger partial charge is 0.463 e. The van der Waals surface area contributed by atoms with Crippen LogP contribution in [0.5, 0.6) is 0 Å². The largest absolute Gasteiger partial charge is 0.509 e. The molecule has 1 saturated carbocycles. The van der Waals surface area contributed by atoms with E-state index in [1.807, 2.05) is 12.2 Å². The van der Waals surface area contributed by atoms with E-state index in [0.717, 1.165) is 19.3 Å². The summed E-state index contributed by atoms with van der Waals surface area (Å²) in [6.07, 6.45) is 7.25. The molecule has 2 unspecified atom stereocenters. The average Bonchev–Trinajstić information content (AvgIpc) is 3.12. The monoisotopic (exact) mass is 556 g/mol. The van der Waals surface area contributed by atoms with E-state index < -0.39 is 42.8 Å². The number of unbranched alkanes of at least 4 members (excludes halogenated alkanes) is 3. The Balaban J connectivity index is 2.82. The zero-order valence-corrected chi connectivity index (χ0v) is 24.0. The van der Waals surface area contributed by atoms with Crippen molar-refractivity contribution >= 4 is 18.1 Å². The van der Waals surface area contributed by atoms with Crippen molar-refractivity contribution in [2.24, 2.45) is 11.8 Å². The Morgan fingerprint density at radius 3 is 2.33 bits per heavy atom. The van der Waals surface area contributed by atoms with Gasteiger partial charge in [-0.2, -0.15) is 0 Å². The first-order valence-electron chi connectivity index (χ1n) is 14.1. The molecule has 0 aromatic carbocycles. The van der Waals surface area contributed by atoms with E-state index in [4.69, 9.17) is 14.2 Å². The molecule has 0 amide bonds. The summed E-state index contributed by atoms with van der Waals surface area (Å²) in [5, 5.41) is 30.3. The van der Waals surface area contributed by atoms with Gasteiger partial charge in [0.2, 0.25) is 0 Å². The third-order valence-electron chi connectivity index (χ3n) is 6.38. The van der Waals surface area contributed by atoms with E-state index in [1.54, 1.807) is 26.0 Å². The number of allylic oxidation sites excluding steroid dienone is 2. The van der Waals surface area contributed by atoms with E-state index >= 15 is 0 Å². The predicted molar refractivity (Wildman–Crippen MR) is 144 cm³/mol. The summed E-state index contributed by atoms with van der Waals surface area (Å²) >= 11 is 0. The molecule has 0 radical (unpaired) electrons. The molecule has 0 aliphatic heterocycles.